The van der Waals surface area contributed by atoms with Gasteiger partial charge in [0, 0.05) is 18.9 Å². The lowest BCUT2D eigenvalue weighted by atomic mass is 10.3. The molecule has 100 valence electrons. The van der Waals surface area contributed by atoms with Crippen molar-refractivity contribution in [2.24, 2.45) is 0 Å². The fraction of sp³-hybridized carbons (Fsp3) is 0.462. The zero-order valence-corrected chi connectivity index (χ0v) is 11.6. The highest BCUT2D eigenvalue weighted by atomic mass is 32.1. The van der Waals surface area contributed by atoms with Crippen LogP contribution in [0.5, 0.6) is 0 Å². The van der Waals surface area contributed by atoms with Crippen molar-refractivity contribution in [3.05, 3.63) is 30.3 Å². The summed E-state index contributed by atoms with van der Waals surface area (Å²) in [5.41, 5.74) is 0.958. The standard InChI is InChI=1S/C13H20N2O2S/c1-3-16-12(17-4-2)10-14-13(18)15-11-8-6-5-7-9-11/h5-9,12H,3-4,10H2,1-2H3,(H2,14,15,18). The van der Waals surface area contributed by atoms with E-state index < -0.39 is 0 Å². The van der Waals surface area contributed by atoms with Crippen molar-refractivity contribution >= 4 is 23.0 Å². The molecule has 0 aromatic heterocycles. The van der Waals surface area contributed by atoms with Gasteiger partial charge in [0.2, 0.25) is 0 Å². The minimum atomic E-state index is -0.268. The quantitative estimate of drug-likeness (QED) is 0.587. The molecule has 1 aromatic rings. The molecule has 1 aromatic carbocycles. The average Bonchev–Trinajstić information content (AvgIpc) is 2.38. The van der Waals surface area contributed by atoms with E-state index in [9.17, 15) is 0 Å². The maximum Gasteiger partial charge on any atom is 0.174 e. The van der Waals surface area contributed by atoms with Gasteiger partial charge in [-0.05, 0) is 38.2 Å². The smallest absolute Gasteiger partial charge is 0.174 e. The summed E-state index contributed by atoms with van der Waals surface area (Å²) in [5, 5.41) is 6.72. The summed E-state index contributed by atoms with van der Waals surface area (Å²) in [6.45, 7) is 5.63. The third-order valence-electron chi connectivity index (χ3n) is 2.17. The Morgan fingerprint density at radius 1 is 1.17 bits per heavy atom. The fourth-order valence-corrected chi connectivity index (χ4v) is 1.61. The van der Waals surface area contributed by atoms with Crippen LogP contribution in [-0.2, 0) is 9.47 Å². The number of para-hydroxylation sites is 1. The zero-order valence-electron chi connectivity index (χ0n) is 10.8. The van der Waals surface area contributed by atoms with Gasteiger partial charge in [0.1, 0.15) is 0 Å². The van der Waals surface area contributed by atoms with Crippen LogP contribution in [0, 0.1) is 0 Å². The predicted octanol–water partition coefficient (Wildman–Crippen LogP) is 2.37. The van der Waals surface area contributed by atoms with Gasteiger partial charge < -0.3 is 20.1 Å². The number of rotatable bonds is 7. The molecule has 0 saturated heterocycles. The first-order valence-electron chi connectivity index (χ1n) is 6.09. The molecule has 0 atom stereocenters. The van der Waals surface area contributed by atoms with Crippen molar-refractivity contribution in [3.8, 4) is 0 Å². The van der Waals surface area contributed by atoms with Crippen molar-refractivity contribution in [1.82, 2.24) is 5.32 Å². The average molecular weight is 268 g/mol. The van der Waals surface area contributed by atoms with Gasteiger partial charge in [0.15, 0.2) is 11.4 Å². The maximum atomic E-state index is 5.41. The van der Waals surface area contributed by atoms with E-state index >= 15 is 0 Å². The van der Waals surface area contributed by atoms with E-state index in [2.05, 4.69) is 10.6 Å². The van der Waals surface area contributed by atoms with Gasteiger partial charge in [-0.3, -0.25) is 0 Å². The molecule has 18 heavy (non-hydrogen) atoms. The van der Waals surface area contributed by atoms with Crippen LogP contribution >= 0.6 is 12.2 Å². The Kier molecular flexibility index (Phi) is 7.32. The van der Waals surface area contributed by atoms with E-state index in [4.69, 9.17) is 21.7 Å². The van der Waals surface area contributed by atoms with Crippen molar-refractivity contribution in [2.75, 3.05) is 25.1 Å². The van der Waals surface area contributed by atoms with Crippen molar-refractivity contribution in [3.63, 3.8) is 0 Å². The summed E-state index contributed by atoms with van der Waals surface area (Å²) in [6, 6.07) is 9.78. The molecule has 0 aliphatic heterocycles. The minimum Gasteiger partial charge on any atom is -0.357 e. The van der Waals surface area contributed by atoms with Gasteiger partial charge in [0.05, 0.1) is 6.54 Å². The van der Waals surface area contributed by atoms with Crippen LogP contribution in [0.4, 0.5) is 5.69 Å². The fourth-order valence-electron chi connectivity index (χ4n) is 1.41. The number of thiocarbonyl (C=S) groups is 1. The van der Waals surface area contributed by atoms with Gasteiger partial charge in [-0.2, -0.15) is 0 Å². The molecule has 0 unspecified atom stereocenters. The van der Waals surface area contributed by atoms with Gasteiger partial charge in [-0.25, -0.2) is 0 Å². The number of anilines is 1. The number of hydrogen-bond donors (Lipinski definition) is 2. The first kappa shape index (κ1) is 14.9. The van der Waals surface area contributed by atoms with Gasteiger partial charge in [-0.1, -0.05) is 18.2 Å². The Labute approximate surface area is 114 Å². The molecule has 4 nitrogen and oxygen atoms in total. The van der Waals surface area contributed by atoms with E-state index in [1.54, 1.807) is 0 Å². The first-order valence-corrected chi connectivity index (χ1v) is 6.50. The number of ether oxygens (including phenoxy) is 2. The van der Waals surface area contributed by atoms with E-state index in [-0.39, 0.29) is 6.29 Å². The molecule has 5 heteroatoms. The predicted molar refractivity (Wildman–Crippen MR) is 77.7 cm³/mol. The molecule has 0 amide bonds. The molecule has 0 spiro atoms. The Hall–Kier alpha value is -1.17. The number of nitrogens with one attached hydrogen (secondary N) is 2. The van der Waals surface area contributed by atoms with E-state index in [1.807, 2.05) is 44.2 Å². The Morgan fingerprint density at radius 3 is 2.33 bits per heavy atom. The normalized spacial score (nSPS) is 10.4. The van der Waals surface area contributed by atoms with Crippen LogP contribution in [0.3, 0.4) is 0 Å². The third kappa shape index (κ3) is 5.95. The molecule has 0 radical (unpaired) electrons. The highest BCUT2D eigenvalue weighted by Crippen LogP contribution is 2.04. The van der Waals surface area contributed by atoms with Crippen molar-refractivity contribution in [1.29, 1.82) is 0 Å². The molecule has 0 fully saturated rings. The molecular weight excluding hydrogens is 248 g/mol. The summed E-state index contributed by atoms with van der Waals surface area (Å²) >= 11 is 5.19. The second kappa shape index (κ2) is 8.85. The largest absolute Gasteiger partial charge is 0.357 e. The molecule has 1 rings (SSSR count). The van der Waals surface area contributed by atoms with Crippen molar-refractivity contribution < 1.29 is 9.47 Å². The van der Waals surface area contributed by atoms with Crippen LogP contribution in [0.15, 0.2) is 30.3 Å². The lowest BCUT2D eigenvalue weighted by Crippen LogP contribution is -2.37. The van der Waals surface area contributed by atoms with E-state index in [0.29, 0.717) is 24.9 Å². The van der Waals surface area contributed by atoms with E-state index in [0.717, 1.165) is 5.69 Å². The monoisotopic (exact) mass is 268 g/mol. The summed E-state index contributed by atoms with van der Waals surface area (Å²) in [4.78, 5) is 0. The van der Waals surface area contributed by atoms with Crippen LogP contribution in [-0.4, -0.2) is 31.2 Å². The molecule has 0 bridgehead atoms. The van der Waals surface area contributed by atoms with Gasteiger partial charge in [-0.15, -0.1) is 0 Å². The molecule has 0 aliphatic carbocycles. The van der Waals surface area contributed by atoms with Gasteiger partial charge in [0.25, 0.3) is 0 Å². The number of hydrogen-bond acceptors (Lipinski definition) is 3. The Bertz CT molecular complexity index is 340. The van der Waals surface area contributed by atoms with Crippen LogP contribution in [0.1, 0.15) is 13.8 Å². The van der Waals surface area contributed by atoms with Crippen LogP contribution < -0.4 is 10.6 Å². The number of benzene rings is 1. The highest BCUT2D eigenvalue weighted by Gasteiger charge is 2.08. The molecule has 0 aliphatic rings. The summed E-state index contributed by atoms with van der Waals surface area (Å²) < 4.78 is 10.8. The first-order chi connectivity index (χ1) is 8.76. The lowest BCUT2D eigenvalue weighted by Gasteiger charge is -2.18. The topological polar surface area (TPSA) is 42.5 Å². The van der Waals surface area contributed by atoms with Crippen molar-refractivity contribution in [2.45, 2.75) is 20.1 Å². The maximum absolute atomic E-state index is 5.41. The molecule has 0 saturated carbocycles. The minimum absolute atomic E-state index is 0.268. The second-order valence-corrected chi connectivity index (χ2v) is 3.95. The Morgan fingerprint density at radius 2 is 1.78 bits per heavy atom. The molecule has 2 N–H and O–H groups in total. The van der Waals surface area contributed by atoms with Crippen LogP contribution in [0.2, 0.25) is 0 Å². The highest BCUT2D eigenvalue weighted by molar-refractivity contribution is 7.80. The van der Waals surface area contributed by atoms with E-state index in [1.165, 1.54) is 0 Å². The molecular formula is C13H20N2O2S. The van der Waals surface area contributed by atoms with Gasteiger partial charge >= 0.3 is 0 Å². The summed E-state index contributed by atoms with van der Waals surface area (Å²) in [6.07, 6.45) is -0.268. The summed E-state index contributed by atoms with van der Waals surface area (Å²) in [5.74, 6) is 0. The second-order valence-electron chi connectivity index (χ2n) is 3.54. The third-order valence-corrected chi connectivity index (χ3v) is 2.41. The lowest BCUT2D eigenvalue weighted by molar-refractivity contribution is -0.130. The SMILES string of the molecule is CCOC(CNC(=S)Nc1ccccc1)OCC. The zero-order chi connectivity index (χ0) is 13.2. The van der Waals surface area contributed by atoms with Crippen LogP contribution in [0.25, 0.3) is 0 Å². The summed E-state index contributed by atoms with van der Waals surface area (Å²) in [7, 11) is 0. The Balaban J connectivity index is 2.31. The molecule has 0 heterocycles.